The molecule has 0 saturated heterocycles. The van der Waals surface area contributed by atoms with Crippen LogP contribution in [0.25, 0.3) is 0 Å². The third kappa shape index (κ3) is 4.28. The van der Waals surface area contributed by atoms with Crippen LogP contribution in [0, 0.1) is 10.1 Å². The largest absolute Gasteiger partial charge is 0.379 e. The first kappa shape index (κ1) is 13.9. The molecule has 1 aromatic rings. The van der Waals surface area contributed by atoms with E-state index >= 15 is 0 Å². The molecule has 0 aliphatic heterocycles. The Bertz CT molecular complexity index is 412. The van der Waals surface area contributed by atoms with E-state index in [2.05, 4.69) is 11.9 Å². The van der Waals surface area contributed by atoms with Gasteiger partial charge in [0, 0.05) is 18.1 Å². The van der Waals surface area contributed by atoms with E-state index in [1.54, 1.807) is 23.9 Å². The minimum Gasteiger partial charge on any atom is -0.379 e. The fourth-order valence-electron chi connectivity index (χ4n) is 1.27. The first-order chi connectivity index (χ1) is 8.16. The zero-order chi connectivity index (χ0) is 12.7. The smallest absolute Gasteiger partial charge is 0.310 e. The van der Waals surface area contributed by atoms with Crippen molar-refractivity contribution in [2.45, 2.75) is 0 Å². The van der Waals surface area contributed by atoms with Gasteiger partial charge in [-0.1, -0.05) is 23.7 Å². The molecule has 0 unspecified atom stereocenters. The van der Waals surface area contributed by atoms with Gasteiger partial charge in [-0.15, -0.1) is 6.58 Å². The summed E-state index contributed by atoms with van der Waals surface area (Å²) >= 11 is 7.49. The van der Waals surface area contributed by atoms with Crippen molar-refractivity contribution >= 4 is 34.7 Å². The number of thioether (sulfide) groups is 1. The van der Waals surface area contributed by atoms with Gasteiger partial charge in [-0.3, -0.25) is 10.1 Å². The number of hydrogen-bond donors (Lipinski definition) is 1. The highest BCUT2D eigenvalue weighted by Gasteiger charge is 2.17. The fraction of sp³-hybridized carbons (Fsp3) is 0.273. The first-order valence-electron chi connectivity index (χ1n) is 5.02. The molecule has 0 saturated carbocycles. The molecular formula is C11H13ClN2O2S. The zero-order valence-electron chi connectivity index (χ0n) is 9.19. The monoisotopic (exact) mass is 272 g/mol. The SMILES string of the molecule is C=CCSCCNc1cccc(Cl)c1[N+](=O)[O-]. The molecule has 0 atom stereocenters. The average molecular weight is 273 g/mol. The van der Waals surface area contributed by atoms with Crippen LogP contribution >= 0.6 is 23.4 Å². The van der Waals surface area contributed by atoms with Gasteiger partial charge < -0.3 is 5.32 Å². The number of nitro groups is 1. The van der Waals surface area contributed by atoms with Gasteiger partial charge in [0.1, 0.15) is 10.7 Å². The van der Waals surface area contributed by atoms with E-state index in [0.29, 0.717) is 12.2 Å². The number of para-hydroxylation sites is 1. The lowest BCUT2D eigenvalue weighted by molar-refractivity contribution is -0.383. The van der Waals surface area contributed by atoms with E-state index in [1.165, 1.54) is 6.07 Å². The summed E-state index contributed by atoms with van der Waals surface area (Å²) in [4.78, 5) is 10.4. The summed E-state index contributed by atoms with van der Waals surface area (Å²) in [6.07, 6.45) is 1.83. The lowest BCUT2D eigenvalue weighted by atomic mass is 10.2. The standard InChI is InChI=1S/C11H13ClN2O2S/c1-2-7-17-8-6-13-10-5-3-4-9(12)11(10)14(15)16/h2-5,13H,1,6-8H2. The summed E-state index contributed by atoms with van der Waals surface area (Å²) in [6.45, 7) is 4.27. The molecule has 1 rings (SSSR count). The van der Waals surface area contributed by atoms with Gasteiger partial charge in [-0.25, -0.2) is 0 Å². The predicted octanol–water partition coefficient (Wildman–Crippen LogP) is 3.58. The zero-order valence-corrected chi connectivity index (χ0v) is 10.8. The van der Waals surface area contributed by atoms with Crippen LogP contribution in [0.15, 0.2) is 30.9 Å². The molecule has 0 radical (unpaired) electrons. The second-order valence-electron chi connectivity index (χ2n) is 3.18. The van der Waals surface area contributed by atoms with E-state index in [1.807, 2.05) is 6.08 Å². The Morgan fingerprint density at radius 1 is 1.59 bits per heavy atom. The highest BCUT2D eigenvalue weighted by Crippen LogP contribution is 2.32. The average Bonchev–Trinajstić information content (AvgIpc) is 2.28. The van der Waals surface area contributed by atoms with Crippen molar-refractivity contribution in [2.24, 2.45) is 0 Å². The second-order valence-corrected chi connectivity index (χ2v) is 4.74. The van der Waals surface area contributed by atoms with E-state index in [-0.39, 0.29) is 10.7 Å². The van der Waals surface area contributed by atoms with Gasteiger partial charge >= 0.3 is 5.69 Å². The Labute approximate surface area is 109 Å². The molecule has 92 valence electrons. The second kappa shape index (κ2) is 7.19. The van der Waals surface area contributed by atoms with Crippen LogP contribution in [-0.4, -0.2) is 23.0 Å². The molecule has 0 heterocycles. The number of nitro benzene ring substituents is 1. The molecule has 4 nitrogen and oxygen atoms in total. The Hall–Kier alpha value is -1.20. The summed E-state index contributed by atoms with van der Waals surface area (Å²) in [5.74, 6) is 1.73. The Balaban J connectivity index is 2.61. The Morgan fingerprint density at radius 2 is 2.35 bits per heavy atom. The van der Waals surface area contributed by atoms with Crippen LogP contribution in [0.5, 0.6) is 0 Å². The van der Waals surface area contributed by atoms with Crippen LogP contribution < -0.4 is 5.32 Å². The van der Waals surface area contributed by atoms with Crippen LogP contribution in [-0.2, 0) is 0 Å². The predicted molar refractivity (Wildman–Crippen MR) is 74.1 cm³/mol. The maximum absolute atomic E-state index is 10.8. The third-order valence-electron chi connectivity index (χ3n) is 1.97. The summed E-state index contributed by atoms with van der Waals surface area (Å²) in [5.41, 5.74) is 0.393. The Kier molecular flexibility index (Phi) is 5.86. The Morgan fingerprint density at radius 3 is 3.00 bits per heavy atom. The van der Waals surface area contributed by atoms with Gasteiger partial charge in [-0.2, -0.15) is 11.8 Å². The van der Waals surface area contributed by atoms with Crippen molar-refractivity contribution in [1.82, 2.24) is 0 Å². The van der Waals surface area contributed by atoms with Gasteiger partial charge in [0.25, 0.3) is 0 Å². The summed E-state index contributed by atoms with van der Waals surface area (Å²) in [7, 11) is 0. The van der Waals surface area contributed by atoms with Crippen molar-refractivity contribution in [3.63, 3.8) is 0 Å². The van der Waals surface area contributed by atoms with Crippen LogP contribution in [0.3, 0.4) is 0 Å². The summed E-state index contributed by atoms with van der Waals surface area (Å²) < 4.78 is 0. The molecule has 0 amide bonds. The number of nitrogens with zero attached hydrogens (tertiary/aromatic N) is 1. The molecule has 0 aliphatic rings. The lowest BCUT2D eigenvalue weighted by Crippen LogP contribution is -2.06. The molecule has 0 fully saturated rings. The topological polar surface area (TPSA) is 55.2 Å². The molecule has 0 aromatic heterocycles. The number of hydrogen-bond acceptors (Lipinski definition) is 4. The number of benzene rings is 1. The molecular weight excluding hydrogens is 260 g/mol. The molecule has 1 aromatic carbocycles. The summed E-state index contributed by atoms with van der Waals surface area (Å²) in [5, 5.41) is 14.0. The van der Waals surface area contributed by atoms with Crippen molar-refractivity contribution in [3.05, 3.63) is 46.0 Å². The van der Waals surface area contributed by atoms with E-state index in [9.17, 15) is 10.1 Å². The van der Waals surface area contributed by atoms with Gasteiger partial charge in [0.05, 0.1) is 4.92 Å². The minimum atomic E-state index is -0.471. The molecule has 0 bridgehead atoms. The van der Waals surface area contributed by atoms with Crippen LogP contribution in [0.2, 0.25) is 5.02 Å². The van der Waals surface area contributed by atoms with E-state index < -0.39 is 4.92 Å². The van der Waals surface area contributed by atoms with Crippen molar-refractivity contribution in [1.29, 1.82) is 0 Å². The molecule has 0 aliphatic carbocycles. The van der Waals surface area contributed by atoms with E-state index in [4.69, 9.17) is 11.6 Å². The molecule has 0 spiro atoms. The van der Waals surface area contributed by atoms with Gasteiger partial charge in [0.2, 0.25) is 0 Å². The van der Waals surface area contributed by atoms with Crippen molar-refractivity contribution < 1.29 is 4.92 Å². The van der Waals surface area contributed by atoms with Gasteiger partial charge in [-0.05, 0) is 12.1 Å². The molecule has 17 heavy (non-hydrogen) atoms. The number of halogens is 1. The quantitative estimate of drug-likeness (QED) is 0.357. The third-order valence-corrected chi connectivity index (χ3v) is 3.24. The van der Waals surface area contributed by atoms with Gasteiger partial charge in [0.15, 0.2) is 0 Å². The maximum Gasteiger partial charge on any atom is 0.310 e. The highest BCUT2D eigenvalue weighted by molar-refractivity contribution is 7.99. The lowest BCUT2D eigenvalue weighted by Gasteiger charge is -2.07. The number of nitrogens with one attached hydrogen (secondary N) is 1. The number of anilines is 1. The molecule has 6 heteroatoms. The van der Waals surface area contributed by atoms with Crippen LogP contribution in [0.4, 0.5) is 11.4 Å². The summed E-state index contributed by atoms with van der Waals surface area (Å²) in [6, 6.07) is 4.86. The van der Waals surface area contributed by atoms with E-state index in [0.717, 1.165) is 11.5 Å². The first-order valence-corrected chi connectivity index (χ1v) is 6.55. The maximum atomic E-state index is 10.8. The number of rotatable bonds is 7. The van der Waals surface area contributed by atoms with Crippen molar-refractivity contribution in [2.75, 3.05) is 23.4 Å². The molecule has 1 N–H and O–H groups in total. The highest BCUT2D eigenvalue weighted by atomic mass is 35.5. The minimum absolute atomic E-state index is 0.0668. The van der Waals surface area contributed by atoms with Crippen LogP contribution in [0.1, 0.15) is 0 Å². The fourth-order valence-corrected chi connectivity index (χ4v) is 2.09. The van der Waals surface area contributed by atoms with Crippen molar-refractivity contribution in [3.8, 4) is 0 Å². The normalized spacial score (nSPS) is 9.94.